The first-order chi connectivity index (χ1) is 9.06. The van der Waals surface area contributed by atoms with Crippen LogP contribution in [0.25, 0.3) is 0 Å². The van der Waals surface area contributed by atoms with Crippen molar-refractivity contribution in [1.82, 2.24) is 5.06 Å². The van der Waals surface area contributed by atoms with Gasteiger partial charge in [-0.15, -0.1) is 0 Å². The van der Waals surface area contributed by atoms with Crippen LogP contribution in [0, 0.1) is 0 Å². The molecule has 100 valence electrons. The molecule has 1 aliphatic heterocycles. The molecule has 0 spiro atoms. The molecule has 19 heavy (non-hydrogen) atoms. The van der Waals surface area contributed by atoms with Crippen LogP contribution >= 0.6 is 0 Å². The highest BCUT2D eigenvalue weighted by molar-refractivity contribution is 5.90. The summed E-state index contributed by atoms with van der Waals surface area (Å²) in [6.45, 7) is 0.393. The van der Waals surface area contributed by atoms with Gasteiger partial charge in [0.15, 0.2) is 0 Å². The second kappa shape index (κ2) is 5.38. The Morgan fingerprint density at radius 3 is 2.47 bits per heavy atom. The van der Waals surface area contributed by atoms with E-state index in [4.69, 9.17) is 9.94 Å². The van der Waals surface area contributed by atoms with Crippen molar-refractivity contribution in [1.29, 1.82) is 0 Å². The Hall–Kier alpha value is -2.57. The Morgan fingerprint density at radius 2 is 1.95 bits per heavy atom. The van der Waals surface area contributed by atoms with Gasteiger partial charge in [0.05, 0.1) is 12.1 Å². The predicted octanol–water partition coefficient (Wildman–Crippen LogP) is 1.47. The van der Waals surface area contributed by atoms with Gasteiger partial charge >= 0.3 is 12.1 Å². The first-order valence-electron chi connectivity index (χ1n) is 5.69. The molecule has 0 bridgehead atoms. The number of hydrogen-bond acceptors (Lipinski definition) is 4. The first kappa shape index (κ1) is 12.9. The van der Waals surface area contributed by atoms with E-state index in [0.717, 1.165) is 5.06 Å². The van der Waals surface area contributed by atoms with Gasteiger partial charge in [0.2, 0.25) is 0 Å². The molecule has 1 aromatic carbocycles. The van der Waals surface area contributed by atoms with Gasteiger partial charge in [0.1, 0.15) is 0 Å². The number of anilines is 1. The third kappa shape index (κ3) is 3.21. The van der Waals surface area contributed by atoms with Gasteiger partial charge in [0, 0.05) is 12.1 Å². The Kier molecular flexibility index (Phi) is 3.65. The van der Waals surface area contributed by atoms with E-state index < -0.39 is 12.1 Å². The lowest BCUT2D eigenvalue weighted by molar-refractivity contribution is -0.156. The molecule has 7 heteroatoms. The van der Waals surface area contributed by atoms with E-state index >= 15 is 0 Å². The summed E-state index contributed by atoms with van der Waals surface area (Å²) in [6.07, 6.45) is 0.262. The first-order valence-corrected chi connectivity index (χ1v) is 5.69. The number of carboxylic acids is 1. The number of carbonyl (C=O) groups excluding carboxylic acids is 2. The molecule has 7 nitrogen and oxygen atoms in total. The Labute approximate surface area is 108 Å². The number of hydroxylamine groups is 2. The number of carboxylic acid groups (broad SMARTS) is 1. The summed E-state index contributed by atoms with van der Waals surface area (Å²) in [5, 5.41) is 12.1. The molecule has 2 N–H and O–H groups in total. The SMILES string of the molecule is O=C(Nc1ccc(C(=O)O)cc1)ON1CCCC1=O. The fourth-order valence-corrected chi connectivity index (χ4v) is 1.66. The Morgan fingerprint density at radius 1 is 1.26 bits per heavy atom. The van der Waals surface area contributed by atoms with E-state index in [-0.39, 0.29) is 11.5 Å². The number of amides is 2. The average Bonchev–Trinajstić information content (AvgIpc) is 2.75. The van der Waals surface area contributed by atoms with E-state index in [1.165, 1.54) is 24.3 Å². The topological polar surface area (TPSA) is 95.9 Å². The van der Waals surface area contributed by atoms with Crippen LogP contribution in [0.5, 0.6) is 0 Å². The van der Waals surface area contributed by atoms with Crippen molar-refractivity contribution in [3.8, 4) is 0 Å². The lowest BCUT2D eigenvalue weighted by Gasteiger charge is -2.14. The van der Waals surface area contributed by atoms with Crippen molar-refractivity contribution in [2.24, 2.45) is 0 Å². The molecule has 1 saturated heterocycles. The number of carbonyl (C=O) groups is 3. The molecule has 0 aromatic heterocycles. The van der Waals surface area contributed by atoms with E-state index in [1.54, 1.807) is 0 Å². The van der Waals surface area contributed by atoms with Crippen molar-refractivity contribution < 1.29 is 24.3 Å². The highest BCUT2D eigenvalue weighted by Crippen LogP contribution is 2.13. The third-order valence-electron chi connectivity index (χ3n) is 2.60. The number of rotatable bonds is 3. The summed E-state index contributed by atoms with van der Waals surface area (Å²) >= 11 is 0. The molecule has 1 fully saturated rings. The Bertz CT molecular complexity index is 511. The van der Waals surface area contributed by atoms with Gasteiger partial charge in [-0.2, -0.15) is 5.06 Å². The number of nitrogens with one attached hydrogen (secondary N) is 1. The Balaban J connectivity index is 1.91. The summed E-state index contributed by atoms with van der Waals surface area (Å²) in [5.41, 5.74) is 0.510. The quantitative estimate of drug-likeness (QED) is 0.861. The number of hydrogen-bond donors (Lipinski definition) is 2. The fourth-order valence-electron chi connectivity index (χ4n) is 1.66. The molecule has 0 unspecified atom stereocenters. The highest BCUT2D eigenvalue weighted by Gasteiger charge is 2.24. The van der Waals surface area contributed by atoms with Crippen LogP contribution in [-0.2, 0) is 9.63 Å². The molecule has 0 saturated carbocycles. The summed E-state index contributed by atoms with van der Waals surface area (Å²) < 4.78 is 0. The number of benzene rings is 1. The highest BCUT2D eigenvalue weighted by atomic mass is 16.7. The smallest absolute Gasteiger partial charge is 0.436 e. The molecular formula is C12H12N2O5. The second-order valence-corrected chi connectivity index (χ2v) is 3.99. The molecule has 2 amide bonds. The summed E-state index contributed by atoms with van der Waals surface area (Å²) in [5.74, 6) is -1.27. The van der Waals surface area contributed by atoms with E-state index in [0.29, 0.717) is 25.1 Å². The molecular weight excluding hydrogens is 252 g/mol. The number of nitrogens with zero attached hydrogens (tertiary/aromatic N) is 1. The normalized spacial score (nSPS) is 14.3. The van der Waals surface area contributed by atoms with Crippen LogP contribution in [0.15, 0.2) is 24.3 Å². The maximum absolute atomic E-state index is 11.5. The van der Waals surface area contributed by atoms with Crippen LogP contribution in [0.3, 0.4) is 0 Å². The minimum absolute atomic E-state index is 0.119. The maximum Gasteiger partial charge on any atom is 0.436 e. The third-order valence-corrected chi connectivity index (χ3v) is 2.60. The minimum Gasteiger partial charge on any atom is -0.478 e. The molecule has 0 radical (unpaired) electrons. The molecule has 2 rings (SSSR count). The fraction of sp³-hybridized carbons (Fsp3) is 0.250. The van der Waals surface area contributed by atoms with Crippen LogP contribution in [0.2, 0.25) is 0 Å². The van der Waals surface area contributed by atoms with Crippen LogP contribution in [0.1, 0.15) is 23.2 Å². The summed E-state index contributed by atoms with van der Waals surface area (Å²) in [4.78, 5) is 38.2. The van der Waals surface area contributed by atoms with Crippen molar-refractivity contribution >= 4 is 23.7 Å². The summed E-state index contributed by atoms with van der Waals surface area (Å²) in [7, 11) is 0. The number of aromatic carboxylic acids is 1. The lowest BCUT2D eigenvalue weighted by Crippen LogP contribution is -2.30. The van der Waals surface area contributed by atoms with E-state index in [1.807, 2.05) is 0 Å². The van der Waals surface area contributed by atoms with E-state index in [2.05, 4.69) is 5.32 Å². The van der Waals surface area contributed by atoms with Crippen LogP contribution in [-0.4, -0.2) is 34.7 Å². The van der Waals surface area contributed by atoms with Gasteiger partial charge in [-0.05, 0) is 30.7 Å². The van der Waals surface area contributed by atoms with Gasteiger partial charge in [-0.3, -0.25) is 10.1 Å². The zero-order valence-electron chi connectivity index (χ0n) is 9.96. The standard InChI is InChI=1S/C12H12N2O5/c15-10-2-1-7-14(10)19-12(18)13-9-5-3-8(4-6-9)11(16)17/h3-6H,1-2,7H2,(H,13,18)(H,16,17). The zero-order chi connectivity index (χ0) is 13.8. The van der Waals surface area contributed by atoms with Gasteiger partial charge in [0.25, 0.3) is 5.91 Å². The molecule has 1 aromatic rings. The van der Waals surface area contributed by atoms with Gasteiger partial charge in [-0.25, -0.2) is 9.59 Å². The van der Waals surface area contributed by atoms with Gasteiger partial charge in [-0.1, -0.05) is 0 Å². The average molecular weight is 264 g/mol. The van der Waals surface area contributed by atoms with Crippen molar-refractivity contribution in [3.63, 3.8) is 0 Å². The lowest BCUT2D eigenvalue weighted by atomic mass is 10.2. The summed E-state index contributed by atoms with van der Waals surface area (Å²) in [6, 6.07) is 5.60. The van der Waals surface area contributed by atoms with Gasteiger partial charge < -0.3 is 9.94 Å². The molecule has 1 aliphatic rings. The monoisotopic (exact) mass is 264 g/mol. The van der Waals surface area contributed by atoms with Crippen LogP contribution in [0.4, 0.5) is 10.5 Å². The zero-order valence-corrected chi connectivity index (χ0v) is 9.96. The molecule has 1 heterocycles. The largest absolute Gasteiger partial charge is 0.478 e. The van der Waals surface area contributed by atoms with Crippen molar-refractivity contribution in [2.45, 2.75) is 12.8 Å². The molecule has 0 atom stereocenters. The second-order valence-electron chi connectivity index (χ2n) is 3.99. The minimum atomic E-state index is -1.04. The predicted molar refractivity (Wildman–Crippen MR) is 64.5 cm³/mol. The van der Waals surface area contributed by atoms with Crippen molar-refractivity contribution in [2.75, 3.05) is 11.9 Å². The molecule has 0 aliphatic carbocycles. The van der Waals surface area contributed by atoms with E-state index in [9.17, 15) is 14.4 Å². The van der Waals surface area contributed by atoms with Crippen LogP contribution < -0.4 is 5.32 Å². The maximum atomic E-state index is 11.5. The van der Waals surface area contributed by atoms with Crippen molar-refractivity contribution in [3.05, 3.63) is 29.8 Å².